The van der Waals surface area contributed by atoms with E-state index in [1.165, 1.54) is 0 Å². The Morgan fingerprint density at radius 3 is 2.75 bits per heavy atom. The Bertz CT molecular complexity index is 654. The van der Waals surface area contributed by atoms with E-state index in [0.717, 1.165) is 31.4 Å². The molecule has 0 aromatic heterocycles. The van der Waals surface area contributed by atoms with Gasteiger partial charge in [-0.25, -0.2) is 8.78 Å². The lowest BCUT2D eigenvalue weighted by atomic mass is 9.78. The predicted octanol–water partition coefficient (Wildman–Crippen LogP) is 4.17. The maximum Gasteiger partial charge on any atom is 0.176 e. The first-order chi connectivity index (χ1) is 9.36. The molecule has 1 aromatic carbocycles. The van der Waals surface area contributed by atoms with Crippen LogP contribution in [-0.2, 0) is 4.79 Å². The van der Waals surface area contributed by atoms with Gasteiger partial charge in [-0.05, 0) is 46.3 Å². The molecule has 2 aliphatic carbocycles. The van der Waals surface area contributed by atoms with Crippen molar-refractivity contribution in [3.05, 3.63) is 33.8 Å². The number of hydrogen-bond donors (Lipinski definition) is 1. The molecule has 2 unspecified atom stereocenters. The van der Waals surface area contributed by atoms with E-state index in [9.17, 15) is 18.7 Å². The molecule has 0 radical (unpaired) electrons. The second kappa shape index (κ2) is 4.38. The number of fused-ring (bicyclic) bond motifs is 1. The van der Waals surface area contributed by atoms with Crippen LogP contribution >= 0.6 is 15.9 Å². The molecule has 0 aliphatic heterocycles. The van der Waals surface area contributed by atoms with Crippen molar-refractivity contribution in [2.75, 3.05) is 0 Å². The summed E-state index contributed by atoms with van der Waals surface area (Å²) in [6.45, 7) is 1.88. The molecule has 0 bridgehead atoms. The maximum absolute atomic E-state index is 14.1. The van der Waals surface area contributed by atoms with Crippen molar-refractivity contribution in [3.8, 4) is 5.75 Å². The van der Waals surface area contributed by atoms with E-state index in [2.05, 4.69) is 15.9 Å². The van der Waals surface area contributed by atoms with Gasteiger partial charge in [-0.3, -0.25) is 4.79 Å². The highest BCUT2D eigenvalue weighted by atomic mass is 79.9. The van der Waals surface area contributed by atoms with E-state index in [0.29, 0.717) is 10.1 Å². The maximum atomic E-state index is 14.1. The van der Waals surface area contributed by atoms with Gasteiger partial charge in [0.1, 0.15) is 5.82 Å². The average molecular weight is 343 g/mol. The van der Waals surface area contributed by atoms with Gasteiger partial charge in [-0.2, -0.15) is 0 Å². The number of hydrogen-bond acceptors (Lipinski definition) is 2. The average Bonchev–Trinajstić information content (AvgIpc) is 2.84. The van der Waals surface area contributed by atoms with Gasteiger partial charge in [0.15, 0.2) is 17.3 Å². The number of phenolic OH excluding ortho intramolecular Hbond substituents is 1. The zero-order chi connectivity index (χ0) is 14.7. The fourth-order valence-electron chi connectivity index (χ4n) is 3.48. The van der Waals surface area contributed by atoms with E-state index >= 15 is 0 Å². The van der Waals surface area contributed by atoms with Gasteiger partial charge in [-0.1, -0.05) is 13.3 Å². The van der Waals surface area contributed by atoms with Crippen molar-refractivity contribution in [2.45, 2.75) is 26.2 Å². The van der Waals surface area contributed by atoms with Crippen LogP contribution in [0.5, 0.6) is 5.75 Å². The summed E-state index contributed by atoms with van der Waals surface area (Å²) in [5, 5.41) is 9.21. The van der Waals surface area contributed by atoms with Gasteiger partial charge in [0.2, 0.25) is 0 Å². The minimum atomic E-state index is -0.881. The molecule has 1 aromatic rings. The van der Waals surface area contributed by atoms with Crippen molar-refractivity contribution in [3.63, 3.8) is 0 Å². The summed E-state index contributed by atoms with van der Waals surface area (Å²) < 4.78 is 27.9. The van der Waals surface area contributed by atoms with Crippen molar-refractivity contribution in [2.24, 2.45) is 11.3 Å². The van der Waals surface area contributed by atoms with E-state index in [1.807, 2.05) is 6.92 Å². The molecule has 1 saturated carbocycles. The normalized spacial score (nSPS) is 29.2. The number of halogens is 3. The van der Waals surface area contributed by atoms with Crippen molar-refractivity contribution in [1.29, 1.82) is 0 Å². The number of rotatable bonds is 1. The highest BCUT2D eigenvalue weighted by molar-refractivity contribution is 9.12. The summed E-state index contributed by atoms with van der Waals surface area (Å²) in [6, 6.07) is 1.73. The zero-order valence-corrected chi connectivity index (χ0v) is 12.4. The van der Waals surface area contributed by atoms with E-state index in [-0.39, 0.29) is 17.3 Å². The quantitative estimate of drug-likeness (QED) is 0.831. The Morgan fingerprint density at radius 1 is 1.35 bits per heavy atom. The molecule has 2 aliphatic rings. The molecular weight excluding hydrogens is 330 g/mol. The minimum absolute atomic E-state index is 0.0390. The Balaban J connectivity index is 2.19. The summed E-state index contributed by atoms with van der Waals surface area (Å²) in [4.78, 5) is 12.4. The number of Topliss-reactive ketones (excluding diaryl/α,β-unsaturated/α-hetero) is 1. The molecular formula is C15H13BrF2O2. The third kappa shape index (κ3) is 1.68. The van der Waals surface area contributed by atoms with Crippen LogP contribution in [0.15, 0.2) is 16.6 Å². The molecule has 1 N–H and O–H groups in total. The van der Waals surface area contributed by atoms with Crippen molar-refractivity contribution in [1.82, 2.24) is 0 Å². The Kier molecular flexibility index (Phi) is 3.01. The lowest BCUT2D eigenvalue weighted by Crippen LogP contribution is -2.25. The number of carbonyl (C=O) groups excluding carboxylic acids is 1. The SMILES string of the molecule is CC12CCCC1C(c1cc(F)c(O)cc1F)=C(Br)C2=O. The molecule has 3 rings (SSSR count). The van der Waals surface area contributed by atoms with Crippen LogP contribution in [0.2, 0.25) is 0 Å². The highest BCUT2D eigenvalue weighted by Gasteiger charge is 2.53. The summed E-state index contributed by atoms with van der Waals surface area (Å²) in [5.41, 5.74) is 0.0807. The second-order valence-electron chi connectivity index (χ2n) is 5.70. The molecule has 1 fully saturated rings. The summed E-state index contributed by atoms with van der Waals surface area (Å²) in [7, 11) is 0. The van der Waals surface area contributed by atoms with Crippen molar-refractivity contribution >= 4 is 27.3 Å². The van der Waals surface area contributed by atoms with Crippen LogP contribution in [0.3, 0.4) is 0 Å². The topological polar surface area (TPSA) is 37.3 Å². The van der Waals surface area contributed by atoms with Crippen LogP contribution in [-0.4, -0.2) is 10.9 Å². The molecule has 5 heteroatoms. The lowest BCUT2D eigenvalue weighted by Gasteiger charge is -2.24. The molecule has 20 heavy (non-hydrogen) atoms. The first kappa shape index (κ1) is 13.7. The molecule has 2 nitrogen and oxygen atoms in total. The third-order valence-corrected chi connectivity index (χ3v) is 5.37. The first-order valence-corrected chi connectivity index (χ1v) is 7.28. The smallest absolute Gasteiger partial charge is 0.176 e. The number of benzene rings is 1. The van der Waals surface area contributed by atoms with Crippen LogP contribution in [0.4, 0.5) is 8.78 Å². The summed E-state index contributed by atoms with van der Waals surface area (Å²) in [6.07, 6.45) is 2.45. The minimum Gasteiger partial charge on any atom is -0.505 e. The summed E-state index contributed by atoms with van der Waals surface area (Å²) in [5.74, 6) is -2.44. The van der Waals surface area contributed by atoms with Crippen LogP contribution in [0.25, 0.3) is 5.57 Å². The summed E-state index contributed by atoms with van der Waals surface area (Å²) >= 11 is 3.25. The van der Waals surface area contributed by atoms with Gasteiger partial charge in [0, 0.05) is 17.0 Å². The standard InChI is InChI=1S/C15H13BrF2O2/c1-15-4-2-3-8(15)12(13(16)14(15)20)7-5-10(18)11(19)6-9(7)17/h5-6,8,19H,2-4H2,1H3. The number of ketones is 1. The van der Waals surface area contributed by atoms with E-state index < -0.39 is 22.8 Å². The van der Waals surface area contributed by atoms with Crippen LogP contribution in [0.1, 0.15) is 31.7 Å². The van der Waals surface area contributed by atoms with Crippen LogP contribution < -0.4 is 0 Å². The fraction of sp³-hybridized carbons (Fsp3) is 0.400. The Morgan fingerprint density at radius 2 is 2.05 bits per heavy atom. The van der Waals surface area contributed by atoms with Crippen LogP contribution in [0, 0.1) is 23.0 Å². The fourth-order valence-corrected chi connectivity index (χ4v) is 4.42. The molecule has 2 atom stereocenters. The Labute approximate surface area is 123 Å². The van der Waals surface area contributed by atoms with Gasteiger partial charge < -0.3 is 5.11 Å². The number of carbonyl (C=O) groups is 1. The molecule has 0 saturated heterocycles. The van der Waals surface area contributed by atoms with Gasteiger partial charge in [-0.15, -0.1) is 0 Å². The Hall–Kier alpha value is -1.23. The van der Waals surface area contributed by atoms with E-state index in [4.69, 9.17) is 0 Å². The van der Waals surface area contributed by atoms with Gasteiger partial charge >= 0.3 is 0 Å². The molecule has 0 spiro atoms. The first-order valence-electron chi connectivity index (χ1n) is 6.49. The number of aromatic hydroxyl groups is 1. The molecule has 0 amide bonds. The van der Waals surface area contributed by atoms with Gasteiger partial charge in [0.25, 0.3) is 0 Å². The molecule has 106 valence electrons. The third-order valence-electron chi connectivity index (χ3n) is 4.59. The largest absolute Gasteiger partial charge is 0.505 e. The zero-order valence-electron chi connectivity index (χ0n) is 10.8. The van der Waals surface area contributed by atoms with E-state index in [1.54, 1.807) is 0 Å². The van der Waals surface area contributed by atoms with Gasteiger partial charge in [0.05, 0.1) is 4.48 Å². The lowest BCUT2D eigenvalue weighted by molar-refractivity contribution is -0.122. The second-order valence-corrected chi connectivity index (χ2v) is 6.50. The highest BCUT2D eigenvalue weighted by Crippen LogP contribution is 2.58. The number of allylic oxidation sites excluding steroid dienone is 2. The number of phenols is 1. The van der Waals surface area contributed by atoms with Crippen molar-refractivity contribution < 1.29 is 18.7 Å². The monoisotopic (exact) mass is 342 g/mol. The molecule has 0 heterocycles. The predicted molar refractivity (Wildman–Crippen MR) is 74.3 cm³/mol.